The molecule has 9 nitrogen and oxygen atoms in total. The van der Waals surface area contributed by atoms with Crippen LogP contribution >= 0.6 is 0 Å². The minimum absolute atomic E-state index is 0.00451. The molecular weight excluding hydrogens is 410 g/mol. The molecule has 0 bridgehead atoms. The van der Waals surface area contributed by atoms with Crippen molar-refractivity contribution >= 4 is 27.7 Å². The molecule has 2 aromatic rings. The summed E-state index contributed by atoms with van der Waals surface area (Å²) in [6, 6.07) is 11.9. The van der Waals surface area contributed by atoms with Gasteiger partial charge in [0.2, 0.25) is 0 Å². The monoisotopic (exact) mass is 431 g/mol. The van der Waals surface area contributed by atoms with Gasteiger partial charge in [-0.05, 0) is 42.3 Å². The number of primary amides is 1. The fourth-order valence-electron chi connectivity index (χ4n) is 3.14. The normalized spacial score (nSPS) is 18.9. The molecule has 1 heterocycles. The number of hydrogen-bond acceptors (Lipinski definition) is 6. The molecule has 30 heavy (non-hydrogen) atoms. The Morgan fingerprint density at radius 3 is 2.43 bits per heavy atom. The number of carbonyl (C=O) groups excluding carboxylic acids is 3. The van der Waals surface area contributed by atoms with E-state index in [9.17, 15) is 22.8 Å². The van der Waals surface area contributed by atoms with Gasteiger partial charge in [-0.15, -0.1) is 0 Å². The van der Waals surface area contributed by atoms with Crippen molar-refractivity contribution in [2.75, 3.05) is 12.9 Å². The van der Waals surface area contributed by atoms with Gasteiger partial charge >= 0.3 is 6.03 Å². The van der Waals surface area contributed by atoms with Gasteiger partial charge in [-0.25, -0.2) is 13.2 Å². The second kappa shape index (κ2) is 7.79. The molecule has 0 spiro atoms. The zero-order valence-corrected chi connectivity index (χ0v) is 17.2. The van der Waals surface area contributed by atoms with Gasteiger partial charge in [-0.3, -0.25) is 14.5 Å². The average Bonchev–Trinajstić information content (AvgIpc) is 2.90. The predicted octanol–water partition coefficient (Wildman–Crippen LogP) is 0.921. The van der Waals surface area contributed by atoms with E-state index in [1.54, 1.807) is 31.2 Å². The highest BCUT2D eigenvalue weighted by Gasteiger charge is 2.48. The molecule has 3 N–H and O–H groups in total. The minimum Gasteiger partial charge on any atom is -0.484 e. The molecular formula is C20H21N3O6S. The van der Waals surface area contributed by atoms with E-state index < -0.39 is 33.2 Å². The van der Waals surface area contributed by atoms with E-state index in [4.69, 9.17) is 10.5 Å². The Morgan fingerprint density at radius 1 is 1.17 bits per heavy atom. The lowest BCUT2D eigenvalue weighted by atomic mass is 9.92. The largest absolute Gasteiger partial charge is 0.484 e. The Hall–Kier alpha value is -3.40. The highest BCUT2D eigenvalue weighted by Crippen LogP contribution is 2.30. The van der Waals surface area contributed by atoms with E-state index in [1.165, 1.54) is 24.3 Å². The maximum Gasteiger partial charge on any atom is 0.325 e. The van der Waals surface area contributed by atoms with Crippen molar-refractivity contribution in [2.45, 2.75) is 23.9 Å². The lowest BCUT2D eigenvalue weighted by molar-refractivity contribution is -0.131. The minimum atomic E-state index is -3.38. The highest BCUT2D eigenvalue weighted by molar-refractivity contribution is 7.90. The van der Waals surface area contributed by atoms with Crippen molar-refractivity contribution in [3.8, 4) is 5.75 Å². The first kappa shape index (κ1) is 21.3. The molecule has 1 atom stereocenters. The number of urea groups is 1. The second-order valence-electron chi connectivity index (χ2n) is 7.15. The van der Waals surface area contributed by atoms with Crippen molar-refractivity contribution < 1.29 is 27.5 Å². The van der Waals surface area contributed by atoms with Gasteiger partial charge in [0.1, 0.15) is 11.3 Å². The molecule has 1 aliphatic rings. The number of sulfone groups is 1. The number of imide groups is 1. The summed E-state index contributed by atoms with van der Waals surface area (Å²) in [5.41, 5.74) is 4.82. The van der Waals surface area contributed by atoms with Gasteiger partial charge in [-0.1, -0.05) is 24.3 Å². The fraction of sp³-hybridized carbons (Fsp3) is 0.250. The zero-order valence-electron chi connectivity index (χ0n) is 16.4. The van der Waals surface area contributed by atoms with Crippen molar-refractivity contribution in [3.05, 3.63) is 59.7 Å². The molecule has 10 heteroatoms. The van der Waals surface area contributed by atoms with Crippen LogP contribution in [0.15, 0.2) is 53.4 Å². The number of ether oxygens (including phenoxy) is 1. The van der Waals surface area contributed by atoms with Crippen LogP contribution in [-0.4, -0.2) is 44.0 Å². The molecule has 3 rings (SSSR count). The van der Waals surface area contributed by atoms with Crippen LogP contribution in [0.25, 0.3) is 0 Å². The van der Waals surface area contributed by atoms with Gasteiger partial charge in [0, 0.05) is 6.26 Å². The Bertz CT molecular complexity index is 1110. The Kier molecular flexibility index (Phi) is 5.53. The van der Waals surface area contributed by atoms with E-state index in [0.29, 0.717) is 16.9 Å². The van der Waals surface area contributed by atoms with E-state index >= 15 is 0 Å². The molecule has 4 amide bonds. The molecule has 158 valence electrons. The van der Waals surface area contributed by atoms with Crippen molar-refractivity contribution in [2.24, 2.45) is 5.73 Å². The summed E-state index contributed by atoms with van der Waals surface area (Å²) in [4.78, 5) is 37.6. The van der Waals surface area contributed by atoms with Crippen LogP contribution in [0.1, 0.15) is 18.1 Å². The number of nitrogens with zero attached hydrogens (tertiary/aromatic N) is 1. The highest BCUT2D eigenvalue weighted by atomic mass is 32.2. The molecule has 2 aromatic carbocycles. The van der Waals surface area contributed by atoms with Gasteiger partial charge in [0.15, 0.2) is 16.4 Å². The number of hydrogen-bond donors (Lipinski definition) is 2. The lowest BCUT2D eigenvalue weighted by Gasteiger charge is -2.22. The van der Waals surface area contributed by atoms with E-state index in [-0.39, 0.29) is 18.0 Å². The molecule has 1 saturated heterocycles. The molecule has 1 unspecified atom stereocenters. The summed E-state index contributed by atoms with van der Waals surface area (Å²) in [6.45, 7) is 1.28. The van der Waals surface area contributed by atoms with E-state index in [1.807, 2.05) is 0 Å². The third-order valence-corrected chi connectivity index (χ3v) is 5.88. The Balaban J connectivity index is 1.81. The fourth-order valence-corrected chi connectivity index (χ4v) is 3.77. The van der Waals surface area contributed by atoms with Crippen LogP contribution in [0.3, 0.4) is 0 Å². The molecule has 0 aliphatic carbocycles. The van der Waals surface area contributed by atoms with Gasteiger partial charge in [0.05, 0.1) is 11.4 Å². The maximum absolute atomic E-state index is 13.1. The molecule has 0 radical (unpaired) electrons. The second-order valence-corrected chi connectivity index (χ2v) is 9.16. The van der Waals surface area contributed by atoms with Crippen molar-refractivity contribution in [1.29, 1.82) is 0 Å². The van der Waals surface area contributed by atoms with E-state index in [2.05, 4.69) is 5.32 Å². The third-order valence-electron chi connectivity index (χ3n) is 4.76. The van der Waals surface area contributed by atoms with Gasteiger partial charge in [0.25, 0.3) is 11.8 Å². The molecule has 1 aliphatic heterocycles. The van der Waals surface area contributed by atoms with Crippen molar-refractivity contribution in [3.63, 3.8) is 0 Å². The quantitative estimate of drug-likeness (QED) is 0.626. The summed E-state index contributed by atoms with van der Waals surface area (Å²) < 4.78 is 28.5. The Labute approximate surface area is 173 Å². The first-order chi connectivity index (χ1) is 14.0. The standard InChI is InChI=1S/C20H21N3O6S/c1-20(14-6-8-16(9-7-14)30(2,27)28)18(25)23(19(26)22-20)11-13-4-3-5-15(10-13)29-12-17(21)24/h3-10H,11-12H2,1-2H3,(H2,21,24)(H,22,26). The van der Waals surface area contributed by atoms with Gasteiger partial charge in [-0.2, -0.15) is 0 Å². The Morgan fingerprint density at radius 2 is 1.83 bits per heavy atom. The smallest absolute Gasteiger partial charge is 0.325 e. The lowest BCUT2D eigenvalue weighted by Crippen LogP contribution is -2.40. The van der Waals surface area contributed by atoms with Crippen LogP contribution in [0.4, 0.5) is 4.79 Å². The number of benzene rings is 2. The third kappa shape index (κ3) is 4.28. The predicted molar refractivity (Wildman–Crippen MR) is 107 cm³/mol. The van der Waals surface area contributed by atoms with Crippen LogP contribution in [0.2, 0.25) is 0 Å². The van der Waals surface area contributed by atoms with Gasteiger partial charge < -0.3 is 15.8 Å². The zero-order chi connectivity index (χ0) is 22.1. The number of nitrogens with two attached hydrogens (primary N) is 1. The van der Waals surface area contributed by atoms with Crippen LogP contribution < -0.4 is 15.8 Å². The van der Waals surface area contributed by atoms with E-state index in [0.717, 1.165) is 11.2 Å². The summed E-state index contributed by atoms with van der Waals surface area (Å²) in [7, 11) is -3.38. The summed E-state index contributed by atoms with van der Waals surface area (Å²) >= 11 is 0. The topological polar surface area (TPSA) is 136 Å². The number of amides is 4. The summed E-state index contributed by atoms with van der Waals surface area (Å²) in [5.74, 6) is -0.701. The first-order valence-corrected chi connectivity index (χ1v) is 10.8. The van der Waals surface area contributed by atoms with Crippen molar-refractivity contribution in [1.82, 2.24) is 10.2 Å². The molecule has 0 saturated carbocycles. The average molecular weight is 431 g/mol. The number of rotatable bonds is 7. The summed E-state index contributed by atoms with van der Waals surface area (Å²) in [6.07, 6.45) is 1.09. The maximum atomic E-state index is 13.1. The SMILES string of the molecule is CC1(c2ccc(S(C)(=O)=O)cc2)NC(=O)N(Cc2cccc(OCC(N)=O)c2)C1=O. The molecule has 0 aromatic heterocycles. The number of nitrogens with one attached hydrogen (secondary N) is 1. The first-order valence-electron chi connectivity index (χ1n) is 8.95. The molecule has 1 fully saturated rings. The summed E-state index contributed by atoms with van der Waals surface area (Å²) in [5, 5.41) is 2.68. The van der Waals surface area contributed by atoms with Crippen LogP contribution in [-0.2, 0) is 31.5 Å². The number of carbonyl (C=O) groups is 3. The van der Waals surface area contributed by atoms with Crippen LogP contribution in [0, 0.1) is 0 Å². The van der Waals surface area contributed by atoms with Crippen LogP contribution in [0.5, 0.6) is 5.75 Å².